The quantitative estimate of drug-likeness (QED) is 0.811. The van der Waals surface area contributed by atoms with Crippen LogP contribution in [0, 0.1) is 6.92 Å². The highest BCUT2D eigenvalue weighted by Crippen LogP contribution is 2.32. The van der Waals surface area contributed by atoms with Gasteiger partial charge < -0.3 is 10.2 Å². The second-order valence-electron chi connectivity index (χ2n) is 4.98. The van der Waals surface area contributed by atoms with Gasteiger partial charge in [0.05, 0.1) is 5.92 Å². The summed E-state index contributed by atoms with van der Waals surface area (Å²) in [5, 5.41) is 18.8. The average molecular weight is 282 g/mol. The minimum absolute atomic E-state index is 0.211. The fourth-order valence-corrected chi connectivity index (χ4v) is 2.51. The van der Waals surface area contributed by atoms with Gasteiger partial charge in [0, 0.05) is 0 Å². The number of phenols is 1. The van der Waals surface area contributed by atoms with Crippen molar-refractivity contribution in [1.29, 1.82) is 0 Å². The molecule has 21 heavy (non-hydrogen) atoms. The first-order chi connectivity index (χ1) is 10.0. The largest absolute Gasteiger partial charge is 0.508 e. The first-order valence-corrected chi connectivity index (χ1v) is 6.77. The summed E-state index contributed by atoms with van der Waals surface area (Å²) in [5.41, 5.74) is 3.67. The Morgan fingerprint density at radius 3 is 2.48 bits per heavy atom. The van der Waals surface area contributed by atoms with Crippen LogP contribution in [-0.4, -0.2) is 16.2 Å². The van der Waals surface area contributed by atoms with E-state index in [0.717, 1.165) is 22.3 Å². The topological polar surface area (TPSA) is 57.5 Å². The zero-order chi connectivity index (χ0) is 15.4. The summed E-state index contributed by atoms with van der Waals surface area (Å²) in [6.07, 6.45) is 2.03. The number of allylic oxidation sites excluding steroid dienone is 1. The van der Waals surface area contributed by atoms with Gasteiger partial charge in [-0.3, -0.25) is 4.79 Å². The first kappa shape index (κ1) is 14.9. The predicted octanol–water partition coefficient (Wildman–Crippen LogP) is 4.11. The van der Waals surface area contributed by atoms with Crippen molar-refractivity contribution >= 4 is 5.97 Å². The molecule has 1 atom stereocenters. The maximum atomic E-state index is 11.5. The number of carbonyl (C=O) groups is 1. The van der Waals surface area contributed by atoms with E-state index >= 15 is 0 Å². The Kier molecular flexibility index (Phi) is 4.43. The van der Waals surface area contributed by atoms with Crippen molar-refractivity contribution < 1.29 is 15.0 Å². The molecule has 0 radical (unpaired) electrons. The van der Waals surface area contributed by atoms with Crippen LogP contribution < -0.4 is 0 Å². The molecular weight excluding hydrogens is 264 g/mol. The number of carboxylic acids is 1. The van der Waals surface area contributed by atoms with E-state index in [2.05, 4.69) is 6.58 Å². The smallest absolute Gasteiger partial charge is 0.311 e. The van der Waals surface area contributed by atoms with Gasteiger partial charge in [-0.05, 0) is 47.7 Å². The lowest BCUT2D eigenvalue weighted by Crippen LogP contribution is -2.12. The SMILES string of the molecule is C=CCC(C(=O)O)c1cccc(-c2ccc(O)cc2)c1C. The summed E-state index contributed by atoms with van der Waals surface area (Å²) >= 11 is 0. The molecule has 0 aliphatic heterocycles. The van der Waals surface area contributed by atoms with E-state index in [9.17, 15) is 15.0 Å². The predicted molar refractivity (Wildman–Crippen MR) is 83.5 cm³/mol. The fraction of sp³-hybridized carbons (Fsp3) is 0.167. The van der Waals surface area contributed by atoms with Gasteiger partial charge in [0.2, 0.25) is 0 Å². The zero-order valence-corrected chi connectivity index (χ0v) is 11.9. The summed E-state index contributed by atoms with van der Waals surface area (Å²) in [4.78, 5) is 11.5. The van der Waals surface area contributed by atoms with E-state index in [-0.39, 0.29) is 5.75 Å². The third kappa shape index (κ3) is 3.14. The molecule has 2 N–H and O–H groups in total. The Morgan fingerprint density at radius 1 is 1.24 bits per heavy atom. The van der Waals surface area contributed by atoms with Crippen molar-refractivity contribution in [3.05, 3.63) is 66.2 Å². The lowest BCUT2D eigenvalue weighted by Gasteiger charge is -2.16. The summed E-state index contributed by atoms with van der Waals surface area (Å²) in [7, 11) is 0. The summed E-state index contributed by atoms with van der Waals surface area (Å²) in [6.45, 7) is 5.56. The molecule has 0 saturated heterocycles. The van der Waals surface area contributed by atoms with Crippen molar-refractivity contribution in [1.82, 2.24) is 0 Å². The molecule has 0 bridgehead atoms. The highest BCUT2D eigenvalue weighted by Gasteiger charge is 2.21. The number of benzene rings is 2. The van der Waals surface area contributed by atoms with Crippen LogP contribution in [0.5, 0.6) is 5.75 Å². The summed E-state index contributed by atoms with van der Waals surface area (Å²) in [5.74, 6) is -1.22. The van der Waals surface area contributed by atoms with Gasteiger partial charge in [-0.2, -0.15) is 0 Å². The molecule has 2 rings (SSSR count). The second kappa shape index (κ2) is 6.27. The molecule has 0 spiro atoms. The highest BCUT2D eigenvalue weighted by molar-refractivity contribution is 5.79. The zero-order valence-electron chi connectivity index (χ0n) is 11.9. The van der Waals surface area contributed by atoms with E-state index in [4.69, 9.17) is 0 Å². The minimum Gasteiger partial charge on any atom is -0.508 e. The molecule has 0 heterocycles. The molecule has 0 aliphatic carbocycles. The van der Waals surface area contributed by atoms with Crippen LogP contribution in [0.4, 0.5) is 0 Å². The Morgan fingerprint density at radius 2 is 1.90 bits per heavy atom. The number of carboxylic acid groups (broad SMARTS) is 1. The van der Waals surface area contributed by atoms with Gasteiger partial charge in [-0.25, -0.2) is 0 Å². The van der Waals surface area contributed by atoms with Crippen LogP contribution in [0.15, 0.2) is 55.1 Å². The molecule has 2 aromatic rings. The third-order valence-electron chi connectivity index (χ3n) is 3.63. The number of phenolic OH excluding ortho intramolecular Hbond substituents is 1. The van der Waals surface area contributed by atoms with E-state index in [1.54, 1.807) is 18.2 Å². The summed E-state index contributed by atoms with van der Waals surface area (Å²) in [6, 6.07) is 12.6. The second-order valence-corrected chi connectivity index (χ2v) is 4.98. The van der Waals surface area contributed by atoms with Crippen molar-refractivity contribution in [3.63, 3.8) is 0 Å². The molecule has 0 aromatic heterocycles. The molecule has 3 heteroatoms. The summed E-state index contributed by atoms with van der Waals surface area (Å²) < 4.78 is 0. The molecule has 0 amide bonds. The van der Waals surface area contributed by atoms with Gasteiger partial charge in [-0.15, -0.1) is 6.58 Å². The van der Waals surface area contributed by atoms with Crippen LogP contribution >= 0.6 is 0 Å². The number of rotatable bonds is 5. The maximum absolute atomic E-state index is 11.5. The Bertz CT molecular complexity index is 657. The molecule has 0 saturated carbocycles. The maximum Gasteiger partial charge on any atom is 0.311 e. The van der Waals surface area contributed by atoms with E-state index in [1.165, 1.54) is 0 Å². The third-order valence-corrected chi connectivity index (χ3v) is 3.63. The monoisotopic (exact) mass is 282 g/mol. The van der Waals surface area contributed by atoms with Crippen LogP contribution in [0.2, 0.25) is 0 Å². The molecule has 0 aliphatic rings. The normalized spacial score (nSPS) is 11.9. The Hall–Kier alpha value is -2.55. The lowest BCUT2D eigenvalue weighted by atomic mass is 9.88. The van der Waals surface area contributed by atoms with Crippen LogP contribution in [0.25, 0.3) is 11.1 Å². The van der Waals surface area contributed by atoms with Crippen LogP contribution in [-0.2, 0) is 4.79 Å². The van der Waals surface area contributed by atoms with E-state index < -0.39 is 11.9 Å². The van der Waals surface area contributed by atoms with Crippen molar-refractivity contribution in [3.8, 4) is 16.9 Å². The number of hydrogen-bond acceptors (Lipinski definition) is 2. The highest BCUT2D eigenvalue weighted by atomic mass is 16.4. The van der Waals surface area contributed by atoms with Crippen molar-refractivity contribution in [2.45, 2.75) is 19.3 Å². The van der Waals surface area contributed by atoms with Gasteiger partial charge in [-0.1, -0.05) is 36.4 Å². The van der Waals surface area contributed by atoms with E-state index in [1.807, 2.05) is 37.3 Å². The first-order valence-electron chi connectivity index (χ1n) is 6.77. The van der Waals surface area contributed by atoms with Gasteiger partial charge in [0.15, 0.2) is 0 Å². The van der Waals surface area contributed by atoms with Crippen LogP contribution in [0.3, 0.4) is 0 Å². The number of hydrogen-bond donors (Lipinski definition) is 2. The van der Waals surface area contributed by atoms with Gasteiger partial charge >= 0.3 is 5.97 Å². The Labute approximate surface area is 124 Å². The van der Waals surface area contributed by atoms with Crippen molar-refractivity contribution in [2.24, 2.45) is 0 Å². The standard InChI is InChI=1S/C18H18O3/c1-3-5-17(18(20)21)16-7-4-6-15(12(16)2)13-8-10-14(19)11-9-13/h3-4,6-11,17,19H,1,5H2,2H3,(H,20,21). The number of aromatic hydroxyl groups is 1. The molecular formula is C18H18O3. The van der Waals surface area contributed by atoms with Gasteiger partial charge in [0.25, 0.3) is 0 Å². The van der Waals surface area contributed by atoms with Crippen LogP contribution in [0.1, 0.15) is 23.5 Å². The minimum atomic E-state index is -0.846. The molecule has 3 nitrogen and oxygen atoms in total. The Balaban J connectivity index is 2.51. The van der Waals surface area contributed by atoms with Gasteiger partial charge in [0.1, 0.15) is 5.75 Å². The lowest BCUT2D eigenvalue weighted by molar-refractivity contribution is -0.138. The van der Waals surface area contributed by atoms with Crippen molar-refractivity contribution in [2.75, 3.05) is 0 Å². The molecule has 2 aromatic carbocycles. The fourth-order valence-electron chi connectivity index (χ4n) is 2.51. The van der Waals surface area contributed by atoms with E-state index in [0.29, 0.717) is 6.42 Å². The molecule has 1 unspecified atom stereocenters. The molecule has 108 valence electrons. The molecule has 0 fully saturated rings. The number of aliphatic carboxylic acids is 1. The average Bonchev–Trinajstić information content (AvgIpc) is 2.46.